The van der Waals surface area contributed by atoms with Crippen LogP contribution in [-0.2, 0) is 9.53 Å². The minimum absolute atomic E-state index is 0.154. The van der Waals surface area contributed by atoms with Crippen LogP contribution in [0, 0.1) is 10.1 Å². The van der Waals surface area contributed by atoms with Crippen LogP contribution < -0.4 is 21.5 Å². The highest BCUT2D eigenvalue weighted by molar-refractivity contribution is 5.85. The number of nitrogens with zero attached hydrogens (tertiary/aromatic N) is 3. The van der Waals surface area contributed by atoms with Gasteiger partial charge in [0.2, 0.25) is 5.91 Å². The van der Waals surface area contributed by atoms with Gasteiger partial charge in [0, 0.05) is 13.6 Å². The van der Waals surface area contributed by atoms with Gasteiger partial charge in [0.25, 0.3) is 5.69 Å². The van der Waals surface area contributed by atoms with Crippen LogP contribution in [0.25, 0.3) is 0 Å². The van der Waals surface area contributed by atoms with Crippen molar-refractivity contribution in [3.05, 3.63) is 22.2 Å². The van der Waals surface area contributed by atoms with Crippen molar-refractivity contribution in [2.24, 2.45) is 5.84 Å². The van der Waals surface area contributed by atoms with E-state index in [2.05, 4.69) is 15.7 Å². The highest BCUT2D eigenvalue weighted by Crippen LogP contribution is 2.25. The monoisotopic (exact) mass is 296 g/mol. The van der Waals surface area contributed by atoms with Gasteiger partial charge in [-0.25, -0.2) is 10.8 Å². The fourth-order valence-electron chi connectivity index (χ4n) is 2.09. The topological polar surface area (TPSA) is 136 Å². The van der Waals surface area contributed by atoms with E-state index in [-0.39, 0.29) is 24.0 Å². The molecule has 10 nitrogen and oxygen atoms in total. The van der Waals surface area contributed by atoms with Crippen molar-refractivity contribution in [1.82, 2.24) is 10.3 Å². The van der Waals surface area contributed by atoms with Crippen LogP contribution in [0.4, 0.5) is 17.3 Å². The van der Waals surface area contributed by atoms with Gasteiger partial charge in [-0.05, 0) is 0 Å². The third-order valence-corrected chi connectivity index (χ3v) is 3.13. The summed E-state index contributed by atoms with van der Waals surface area (Å²) in [4.78, 5) is 28.1. The third-order valence-electron chi connectivity index (χ3n) is 3.13. The number of rotatable bonds is 4. The number of nitro groups is 1. The summed E-state index contributed by atoms with van der Waals surface area (Å²) < 4.78 is 5.29. The molecule has 2 heterocycles. The Bertz CT molecular complexity index is 552. The van der Waals surface area contributed by atoms with E-state index in [1.807, 2.05) is 0 Å². The molecule has 0 bridgehead atoms. The van der Waals surface area contributed by atoms with Crippen molar-refractivity contribution in [2.75, 3.05) is 37.1 Å². The summed E-state index contributed by atoms with van der Waals surface area (Å²) in [5.74, 6) is 5.49. The molecule has 21 heavy (non-hydrogen) atoms. The average Bonchev–Trinajstić information content (AvgIpc) is 2.53. The minimum atomic E-state index is -0.594. The Morgan fingerprint density at radius 3 is 3.00 bits per heavy atom. The number of morpholine rings is 1. The number of amides is 1. The first-order valence-electron chi connectivity index (χ1n) is 6.26. The lowest BCUT2D eigenvalue weighted by Crippen LogP contribution is -2.53. The summed E-state index contributed by atoms with van der Waals surface area (Å²) in [5.41, 5.74) is 2.13. The second-order valence-corrected chi connectivity index (χ2v) is 4.37. The Morgan fingerprint density at radius 1 is 1.62 bits per heavy atom. The van der Waals surface area contributed by atoms with Crippen LogP contribution in [-0.4, -0.2) is 48.7 Å². The van der Waals surface area contributed by atoms with E-state index in [4.69, 9.17) is 10.6 Å². The van der Waals surface area contributed by atoms with Crippen molar-refractivity contribution < 1.29 is 14.5 Å². The Labute approximate surface area is 120 Å². The van der Waals surface area contributed by atoms with Crippen LogP contribution >= 0.6 is 0 Å². The van der Waals surface area contributed by atoms with E-state index in [0.717, 1.165) is 0 Å². The molecule has 1 unspecified atom stereocenters. The number of nitrogens with one attached hydrogen (secondary N) is 2. The number of nitrogen functional groups attached to an aromatic ring is 1. The van der Waals surface area contributed by atoms with E-state index >= 15 is 0 Å². The predicted molar refractivity (Wildman–Crippen MR) is 74.7 cm³/mol. The molecule has 1 aliphatic rings. The Kier molecular flexibility index (Phi) is 4.50. The van der Waals surface area contributed by atoms with Gasteiger partial charge in [-0.15, -0.1) is 0 Å². The molecule has 114 valence electrons. The highest BCUT2D eigenvalue weighted by atomic mass is 16.6. The number of hydrogen-bond acceptors (Lipinski definition) is 8. The number of pyridine rings is 1. The molecule has 1 aromatic rings. The van der Waals surface area contributed by atoms with Crippen molar-refractivity contribution in [3.8, 4) is 0 Å². The lowest BCUT2D eigenvalue weighted by Gasteiger charge is -2.35. The van der Waals surface area contributed by atoms with Crippen molar-refractivity contribution in [2.45, 2.75) is 6.04 Å². The van der Waals surface area contributed by atoms with Crippen LogP contribution in [0.1, 0.15) is 0 Å². The molecule has 1 atom stereocenters. The van der Waals surface area contributed by atoms with E-state index in [9.17, 15) is 14.9 Å². The predicted octanol–water partition coefficient (Wildman–Crippen LogP) is -0.773. The second-order valence-electron chi connectivity index (χ2n) is 4.37. The van der Waals surface area contributed by atoms with Gasteiger partial charge in [-0.1, -0.05) is 0 Å². The zero-order chi connectivity index (χ0) is 15.4. The number of hydrazine groups is 1. The lowest BCUT2D eigenvalue weighted by atomic mass is 10.2. The minimum Gasteiger partial charge on any atom is -0.377 e. The summed E-state index contributed by atoms with van der Waals surface area (Å²) in [5, 5.41) is 13.5. The smallest absolute Gasteiger partial charge is 0.276 e. The summed E-state index contributed by atoms with van der Waals surface area (Å²) in [6.45, 7) is 0.995. The average molecular weight is 296 g/mol. The van der Waals surface area contributed by atoms with Crippen LogP contribution in [0.15, 0.2) is 12.1 Å². The quantitative estimate of drug-likeness (QED) is 0.374. The van der Waals surface area contributed by atoms with Crippen molar-refractivity contribution >= 4 is 23.2 Å². The summed E-state index contributed by atoms with van der Waals surface area (Å²) in [7, 11) is 1.52. The van der Waals surface area contributed by atoms with Crippen LogP contribution in [0.2, 0.25) is 0 Å². The van der Waals surface area contributed by atoms with E-state index in [1.165, 1.54) is 19.2 Å². The van der Waals surface area contributed by atoms with Gasteiger partial charge in [-0.2, -0.15) is 0 Å². The van der Waals surface area contributed by atoms with Crippen LogP contribution in [0.5, 0.6) is 0 Å². The number of anilines is 2. The number of carbonyl (C=O) groups is 1. The van der Waals surface area contributed by atoms with Crippen molar-refractivity contribution in [3.63, 3.8) is 0 Å². The standard InChI is InChI=1S/C11H16N6O4/c1-13-11(18)8-6-21-3-2-16(8)10-5-7(17(19)20)4-9(14-10)15-12/h4-5,8H,2-3,6,12H2,1H3,(H,13,18)(H,14,15). The number of carbonyl (C=O) groups excluding carboxylic acids is 1. The van der Waals surface area contributed by atoms with Crippen LogP contribution in [0.3, 0.4) is 0 Å². The summed E-state index contributed by atoms with van der Waals surface area (Å²) in [6, 6.07) is 1.94. The number of aromatic nitrogens is 1. The molecule has 0 saturated carbocycles. The van der Waals surface area contributed by atoms with Gasteiger partial charge >= 0.3 is 0 Å². The molecule has 0 aliphatic carbocycles. The molecule has 1 amide bonds. The number of ether oxygens (including phenoxy) is 1. The first-order valence-corrected chi connectivity index (χ1v) is 6.26. The highest BCUT2D eigenvalue weighted by Gasteiger charge is 2.31. The Hall–Kier alpha value is -2.46. The molecule has 1 saturated heterocycles. The third kappa shape index (κ3) is 3.17. The van der Waals surface area contributed by atoms with Gasteiger partial charge in [0.15, 0.2) is 0 Å². The molecule has 2 rings (SSSR count). The molecule has 4 N–H and O–H groups in total. The van der Waals surface area contributed by atoms with E-state index < -0.39 is 11.0 Å². The molecular formula is C11H16N6O4. The zero-order valence-corrected chi connectivity index (χ0v) is 11.4. The summed E-state index contributed by atoms with van der Waals surface area (Å²) >= 11 is 0. The SMILES string of the molecule is CNC(=O)C1COCCN1c1cc([N+](=O)[O-])cc(NN)n1. The molecule has 10 heteroatoms. The molecule has 0 aromatic carbocycles. The molecule has 0 spiro atoms. The molecule has 1 aliphatic heterocycles. The Balaban J connectivity index is 2.39. The summed E-state index contributed by atoms with van der Waals surface area (Å²) in [6.07, 6.45) is 0. The van der Waals surface area contributed by atoms with Crippen molar-refractivity contribution in [1.29, 1.82) is 0 Å². The van der Waals surface area contributed by atoms with Gasteiger partial charge < -0.3 is 20.4 Å². The lowest BCUT2D eigenvalue weighted by molar-refractivity contribution is -0.384. The molecular weight excluding hydrogens is 280 g/mol. The van der Waals surface area contributed by atoms with Gasteiger partial charge in [-0.3, -0.25) is 14.9 Å². The maximum absolute atomic E-state index is 11.9. The molecule has 1 fully saturated rings. The fraction of sp³-hybridized carbons (Fsp3) is 0.455. The second kappa shape index (κ2) is 6.33. The number of hydrogen-bond donors (Lipinski definition) is 3. The van der Waals surface area contributed by atoms with E-state index in [1.54, 1.807) is 4.90 Å². The van der Waals surface area contributed by atoms with E-state index in [0.29, 0.717) is 19.0 Å². The number of nitrogens with two attached hydrogens (primary N) is 1. The largest absolute Gasteiger partial charge is 0.377 e. The maximum atomic E-state index is 11.9. The van der Waals surface area contributed by atoms with Gasteiger partial charge in [0.1, 0.15) is 17.7 Å². The maximum Gasteiger partial charge on any atom is 0.276 e. The van der Waals surface area contributed by atoms with Gasteiger partial charge in [0.05, 0.1) is 30.3 Å². The Morgan fingerprint density at radius 2 is 2.38 bits per heavy atom. The number of likely N-dealkylation sites (N-methyl/N-ethyl adjacent to an activating group) is 1. The zero-order valence-electron chi connectivity index (χ0n) is 11.4. The fourth-order valence-corrected chi connectivity index (χ4v) is 2.09. The molecule has 1 aromatic heterocycles. The first kappa shape index (κ1) is 14.9. The first-order chi connectivity index (χ1) is 10.1. The normalized spacial score (nSPS) is 18.2. The molecule has 0 radical (unpaired) electrons.